The standard InChI is InChI=1S/C29H28N4O4/c1-18-4-3-5-23(30-18)27-26(21-8-11-24-25(16-21)37-17-36-24)31-28(32-27)19-12-14-33(15-13-19)29(34)20-6-9-22(35-2)10-7-20/h3-11,16,19H,12-15,17H2,1-2H3,(H,31,32). The number of methoxy groups -OCH3 is 1. The van der Waals surface area contributed by atoms with E-state index >= 15 is 0 Å². The molecular formula is C29H28N4O4. The Balaban J connectivity index is 1.26. The minimum Gasteiger partial charge on any atom is -0.497 e. The summed E-state index contributed by atoms with van der Waals surface area (Å²) in [6.45, 7) is 3.56. The molecule has 8 heteroatoms. The van der Waals surface area contributed by atoms with Gasteiger partial charge in [0.15, 0.2) is 11.5 Å². The van der Waals surface area contributed by atoms with Gasteiger partial charge in [-0.2, -0.15) is 0 Å². The van der Waals surface area contributed by atoms with Crippen LogP contribution in [0.4, 0.5) is 0 Å². The fourth-order valence-corrected chi connectivity index (χ4v) is 4.98. The number of H-pyrrole nitrogens is 1. The number of carbonyl (C=O) groups excluding carboxylic acids is 1. The van der Waals surface area contributed by atoms with E-state index in [-0.39, 0.29) is 18.6 Å². The normalized spacial score (nSPS) is 15.1. The summed E-state index contributed by atoms with van der Waals surface area (Å²) in [5.74, 6) is 3.38. The Morgan fingerprint density at radius 1 is 1.00 bits per heavy atom. The van der Waals surface area contributed by atoms with Crippen LogP contribution in [0.15, 0.2) is 60.7 Å². The molecule has 2 aliphatic rings. The lowest BCUT2D eigenvalue weighted by Gasteiger charge is -2.31. The molecule has 0 atom stereocenters. The number of aromatic nitrogens is 3. The number of piperidine rings is 1. The smallest absolute Gasteiger partial charge is 0.253 e. The van der Waals surface area contributed by atoms with Crippen molar-refractivity contribution >= 4 is 5.91 Å². The molecule has 0 aliphatic carbocycles. The number of fused-ring (bicyclic) bond motifs is 1. The van der Waals surface area contributed by atoms with Crippen LogP contribution in [-0.4, -0.2) is 52.8 Å². The zero-order valence-corrected chi connectivity index (χ0v) is 20.9. The van der Waals surface area contributed by atoms with E-state index < -0.39 is 0 Å². The van der Waals surface area contributed by atoms with Crippen molar-refractivity contribution in [2.75, 3.05) is 27.0 Å². The van der Waals surface area contributed by atoms with Gasteiger partial charge in [-0.15, -0.1) is 0 Å². The maximum Gasteiger partial charge on any atom is 0.253 e. The molecule has 2 aromatic carbocycles. The molecule has 4 aromatic rings. The monoisotopic (exact) mass is 496 g/mol. The average molecular weight is 497 g/mol. The second-order valence-corrected chi connectivity index (χ2v) is 9.37. The van der Waals surface area contributed by atoms with Crippen LogP contribution in [0.1, 0.15) is 40.6 Å². The lowest BCUT2D eigenvalue weighted by molar-refractivity contribution is 0.0711. The van der Waals surface area contributed by atoms with E-state index in [1.807, 2.05) is 72.5 Å². The van der Waals surface area contributed by atoms with Gasteiger partial charge in [0, 0.05) is 35.8 Å². The fraction of sp³-hybridized carbons (Fsp3) is 0.276. The van der Waals surface area contributed by atoms with Crippen LogP contribution in [-0.2, 0) is 0 Å². The molecule has 8 nitrogen and oxygen atoms in total. The van der Waals surface area contributed by atoms with Gasteiger partial charge in [-0.1, -0.05) is 6.07 Å². The SMILES string of the molecule is COc1ccc(C(=O)N2CCC(c3nc(-c4ccc5c(c4)OCO5)c(-c4cccc(C)n4)[nH]3)CC2)cc1. The molecule has 6 rings (SSSR count). The number of amides is 1. The summed E-state index contributed by atoms with van der Waals surface area (Å²) in [5.41, 5.74) is 5.12. The first-order chi connectivity index (χ1) is 18.1. The van der Waals surface area contributed by atoms with Crippen LogP contribution in [0.3, 0.4) is 0 Å². The second kappa shape index (κ2) is 9.61. The lowest BCUT2D eigenvalue weighted by Crippen LogP contribution is -2.38. The van der Waals surface area contributed by atoms with Gasteiger partial charge in [-0.05, 0) is 74.4 Å². The summed E-state index contributed by atoms with van der Waals surface area (Å²) >= 11 is 0. The number of nitrogens with one attached hydrogen (secondary N) is 1. The third-order valence-corrected chi connectivity index (χ3v) is 7.02. The minimum absolute atomic E-state index is 0.0475. The zero-order chi connectivity index (χ0) is 25.4. The highest BCUT2D eigenvalue weighted by Crippen LogP contribution is 2.39. The number of carbonyl (C=O) groups is 1. The van der Waals surface area contributed by atoms with E-state index in [0.29, 0.717) is 18.7 Å². The van der Waals surface area contributed by atoms with Crippen LogP contribution < -0.4 is 14.2 Å². The number of benzene rings is 2. The van der Waals surface area contributed by atoms with Gasteiger partial charge in [-0.3, -0.25) is 9.78 Å². The summed E-state index contributed by atoms with van der Waals surface area (Å²) in [5, 5.41) is 0. The molecule has 1 amide bonds. The molecule has 0 bridgehead atoms. The van der Waals surface area contributed by atoms with Gasteiger partial charge in [0.25, 0.3) is 5.91 Å². The van der Waals surface area contributed by atoms with Crippen molar-refractivity contribution in [1.29, 1.82) is 0 Å². The number of hydrogen-bond donors (Lipinski definition) is 1. The highest BCUT2D eigenvalue weighted by atomic mass is 16.7. The van der Waals surface area contributed by atoms with E-state index in [1.54, 1.807) is 7.11 Å². The van der Waals surface area contributed by atoms with Crippen molar-refractivity contribution < 1.29 is 19.0 Å². The Morgan fingerprint density at radius 2 is 1.78 bits per heavy atom. The van der Waals surface area contributed by atoms with E-state index in [2.05, 4.69) is 4.98 Å². The van der Waals surface area contributed by atoms with Crippen LogP contribution in [0.25, 0.3) is 22.6 Å². The quantitative estimate of drug-likeness (QED) is 0.408. The molecule has 1 saturated heterocycles. The van der Waals surface area contributed by atoms with Crippen molar-refractivity contribution in [2.45, 2.75) is 25.7 Å². The van der Waals surface area contributed by atoms with Gasteiger partial charge >= 0.3 is 0 Å². The second-order valence-electron chi connectivity index (χ2n) is 9.37. The number of hydrogen-bond acceptors (Lipinski definition) is 6. The van der Waals surface area contributed by atoms with Gasteiger partial charge in [0.05, 0.1) is 24.2 Å². The number of imidazole rings is 1. The molecule has 37 heavy (non-hydrogen) atoms. The van der Waals surface area contributed by atoms with Gasteiger partial charge in [-0.25, -0.2) is 4.98 Å². The molecule has 0 spiro atoms. The molecular weight excluding hydrogens is 468 g/mol. The summed E-state index contributed by atoms with van der Waals surface area (Å²) in [6.07, 6.45) is 1.66. The average Bonchev–Trinajstić information content (AvgIpc) is 3.60. The Hall–Kier alpha value is -4.33. The zero-order valence-electron chi connectivity index (χ0n) is 20.9. The lowest BCUT2D eigenvalue weighted by atomic mass is 9.95. The van der Waals surface area contributed by atoms with Gasteiger partial charge in [0.2, 0.25) is 6.79 Å². The molecule has 188 valence electrons. The minimum atomic E-state index is 0.0475. The summed E-state index contributed by atoms with van der Waals surface area (Å²) in [7, 11) is 1.62. The first-order valence-corrected chi connectivity index (χ1v) is 12.5. The van der Waals surface area contributed by atoms with Gasteiger partial charge in [0.1, 0.15) is 11.6 Å². The molecule has 0 radical (unpaired) electrons. The number of rotatable bonds is 5. The molecule has 0 saturated carbocycles. The third-order valence-electron chi connectivity index (χ3n) is 7.02. The number of pyridine rings is 1. The maximum absolute atomic E-state index is 13.0. The van der Waals surface area contributed by atoms with Crippen molar-refractivity contribution in [3.63, 3.8) is 0 Å². The summed E-state index contributed by atoms with van der Waals surface area (Å²) in [4.78, 5) is 28.4. The predicted octanol–water partition coefficient (Wildman–Crippen LogP) is 5.20. The Morgan fingerprint density at radius 3 is 2.54 bits per heavy atom. The van der Waals surface area contributed by atoms with Crippen molar-refractivity contribution in [3.8, 4) is 39.9 Å². The molecule has 4 heterocycles. The van der Waals surface area contributed by atoms with Gasteiger partial charge < -0.3 is 24.1 Å². The van der Waals surface area contributed by atoms with Crippen LogP contribution in [0.5, 0.6) is 17.2 Å². The van der Waals surface area contributed by atoms with E-state index in [0.717, 1.165) is 64.3 Å². The molecule has 0 unspecified atom stereocenters. The fourth-order valence-electron chi connectivity index (χ4n) is 4.98. The van der Waals surface area contributed by atoms with Crippen LogP contribution in [0, 0.1) is 6.92 Å². The number of aryl methyl sites for hydroxylation is 1. The number of aromatic amines is 1. The Labute approximate surface area is 215 Å². The molecule has 1 N–H and O–H groups in total. The van der Waals surface area contributed by atoms with Crippen molar-refractivity contribution in [2.24, 2.45) is 0 Å². The topological polar surface area (TPSA) is 89.6 Å². The number of ether oxygens (including phenoxy) is 3. The summed E-state index contributed by atoms with van der Waals surface area (Å²) in [6, 6.07) is 19.2. The van der Waals surface area contributed by atoms with Crippen LogP contribution >= 0.6 is 0 Å². The van der Waals surface area contributed by atoms with Crippen molar-refractivity contribution in [1.82, 2.24) is 19.9 Å². The summed E-state index contributed by atoms with van der Waals surface area (Å²) < 4.78 is 16.3. The first kappa shape index (κ1) is 23.1. The molecule has 1 fully saturated rings. The predicted molar refractivity (Wildman–Crippen MR) is 139 cm³/mol. The largest absolute Gasteiger partial charge is 0.497 e. The third kappa shape index (κ3) is 4.50. The van der Waals surface area contributed by atoms with Crippen LogP contribution in [0.2, 0.25) is 0 Å². The Bertz CT molecular complexity index is 1440. The number of nitrogens with zero attached hydrogens (tertiary/aromatic N) is 3. The molecule has 2 aromatic heterocycles. The Kier molecular flexibility index (Phi) is 6.00. The first-order valence-electron chi connectivity index (χ1n) is 12.5. The number of likely N-dealkylation sites (tertiary alicyclic amines) is 1. The van der Waals surface area contributed by atoms with Crippen molar-refractivity contribution in [3.05, 3.63) is 77.7 Å². The van der Waals surface area contributed by atoms with E-state index in [4.69, 9.17) is 24.2 Å². The maximum atomic E-state index is 13.0. The highest BCUT2D eigenvalue weighted by Gasteiger charge is 2.28. The van der Waals surface area contributed by atoms with E-state index in [1.165, 1.54) is 0 Å². The highest BCUT2D eigenvalue weighted by molar-refractivity contribution is 5.94. The molecule has 2 aliphatic heterocycles. The van der Waals surface area contributed by atoms with E-state index in [9.17, 15) is 4.79 Å².